The predicted octanol–water partition coefficient (Wildman–Crippen LogP) is 0.467. The molecule has 1 atom stereocenters. The molecule has 0 rings (SSSR count). The Morgan fingerprint density at radius 2 is 2.45 bits per heavy atom. The number of carbonyl (C=O) groups is 1. The van der Waals surface area contributed by atoms with E-state index in [4.69, 9.17) is 10.6 Å². The average molecular weight is 161 g/mol. The fraction of sp³-hybridized carbons (Fsp3) is 0.800. The first kappa shape index (κ1) is 12.4. The number of esters is 1. The van der Waals surface area contributed by atoms with E-state index in [1.54, 1.807) is 0 Å². The van der Waals surface area contributed by atoms with E-state index in [-0.39, 0.29) is 7.43 Å². The molecule has 0 aromatic carbocycles. The summed E-state index contributed by atoms with van der Waals surface area (Å²) in [4.78, 5) is 12.8. The summed E-state index contributed by atoms with van der Waals surface area (Å²) in [6, 6.07) is -1.12. The third-order valence-corrected chi connectivity index (χ3v) is 0.837. The highest BCUT2D eigenvalue weighted by Gasteiger charge is 2.14. The highest BCUT2D eigenvalue weighted by Crippen LogP contribution is 1.92. The van der Waals surface area contributed by atoms with Crippen LogP contribution in [0.2, 0.25) is 0 Å². The fourth-order valence-corrected chi connectivity index (χ4v) is 0.357. The molecule has 0 saturated carbocycles. The number of ether oxygens (including phenoxy) is 1. The second-order valence-corrected chi connectivity index (χ2v) is 1.43. The summed E-state index contributed by atoms with van der Waals surface area (Å²) in [7, 11) is 1.15. The molecule has 0 aliphatic rings. The van der Waals surface area contributed by atoms with E-state index in [0.29, 0.717) is 0 Å². The third kappa shape index (κ3) is 4.19. The van der Waals surface area contributed by atoms with Gasteiger partial charge in [-0.1, -0.05) is 12.5 Å². The van der Waals surface area contributed by atoms with Crippen LogP contribution < -0.4 is 0 Å². The van der Waals surface area contributed by atoms with Gasteiger partial charge in [-0.2, -0.15) is 0 Å². The van der Waals surface area contributed by atoms with Crippen molar-refractivity contribution in [1.82, 2.24) is 0 Å². The smallest absolute Gasteiger partial charge is 0.316 e. The molecule has 0 unspecified atom stereocenters. The van der Waals surface area contributed by atoms with E-state index in [1.807, 2.05) is 0 Å². The summed E-state index contributed by atoms with van der Waals surface area (Å²) in [6.07, 6.45) is 0. The molecule has 64 valence electrons. The van der Waals surface area contributed by atoms with Gasteiger partial charge in [0.2, 0.25) is 0 Å². The van der Waals surface area contributed by atoms with Crippen LogP contribution >= 0.6 is 0 Å². The molecule has 0 saturated heterocycles. The molecule has 0 aliphatic carbocycles. The summed E-state index contributed by atoms with van der Waals surface area (Å²) >= 11 is 0. The fourth-order valence-electron chi connectivity index (χ4n) is 0.357. The van der Waals surface area contributed by atoms with Crippen molar-refractivity contribution in [1.29, 1.82) is 0 Å². The molecule has 11 heavy (non-hydrogen) atoms. The highest BCUT2D eigenvalue weighted by atomic mass is 16.5. The van der Waals surface area contributed by atoms with Gasteiger partial charge >= 0.3 is 5.97 Å². The molecular weight excluding hydrogens is 150 g/mol. The van der Waals surface area contributed by atoms with Crippen molar-refractivity contribution in [2.45, 2.75) is 13.5 Å². The van der Waals surface area contributed by atoms with Crippen LogP contribution in [0.4, 0.5) is 0 Å². The molecule has 6 heteroatoms. The molecule has 0 aliphatic heterocycles. The molecule has 0 amide bonds. The van der Waals surface area contributed by atoms with Crippen molar-refractivity contribution in [3.63, 3.8) is 0 Å². The molecule has 0 fully saturated rings. The van der Waals surface area contributed by atoms with E-state index in [1.165, 1.54) is 0 Å². The van der Waals surface area contributed by atoms with Gasteiger partial charge in [-0.05, 0) is 5.53 Å². The Hall–Kier alpha value is -1.26. The maximum atomic E-state index is 10.5. The molecule has 1 N–H and O–H groups in total. The Kier molecular flexibility index (Phi) is 7.74. The topological polar surface area (TPSA) is 95.3 Å². The monoisotopic (exact) mass is 161 g/mol. The minimum absolute atomic E-state index is 0. The van der Waals surface area contributed by atoms with Crippen molar-refractivity contribution in [2.75, 3.05) is 13.7 Å². The number of nitrogens with zero attached hydrogens (tertiary/aromatic N) is 3. The van der Waals surface area contributed by atoms with Crippen molar-refractivity contribution < 1.29 is 14.6 Å². The quantitative estimate of drug-likeness (QED) is 0.282. The van der Waals surface area contributed by atoms with Gasteiger partial charge < -0.3 is 9.84 Å². The summed E-state index contributed by atoms with van der Waals surface area (Å²) in [5, 5.41) is 11.4. The van der Waals surface area contributed by atoms with Gasteiger partial charge in [0.25, 0.3) is 0 Å². The molecule has 0 aromatic heterocycles. The zero-order chi connectivity index (χ0) is 7.98. The second-order valence-electron chi connectivity index (χ2n) is 1.43. The second kappa shape index (κ2) is 6.85. The maximum Gasteiger partial charge on any atom is 0.316 e. The number of carbonyl (C=O) groups excluding carboxylic acids is 1. The first-order valence-corrected chi connectivity index (χ1v) is 2.49. The Balaban J connectivity index is 0. The predicted molar refractivity (Wildman–Crippen MR) is 38.8 cm³/mol. The van der Waals surface area contributed by atoms with Crippen LogP contribution in [-0.2, 0) is 9.53 Å². The van der Waals surface area contributed by atoms with E-state index < -0.39 is 18.6 Å². The third-order valence-electron chi connectivity index (χ3n) is 0.837. The van der Waals surface area contributed by atoms with E-state index in [2.05, 4.69) is 14.8 Å². The van der Waals surface area contributed by atoms with Gasteiger partial charge in [-0.15, -0.1) is 0 Å². The summed E-state index contributed by atoms with van der Waals surface area (Å²) < 4.78 is 4.19. The standard InChI is InChI=1S/C4H7N3O3.CH4/c1-10-4(9)3(2-8)6-7-5;/h3,8H,2H2,1H3;1H4/t3-;/m1./s1. The minimum atomic E-state index is -1.12. The Labute approximate surface area is 64.4 Å². The van der Waals surface area contributed by atoms with Crippen molar-refractivity contribution in [3.05, 3.63) is 10.4 Å². The van der Waals surface area contributed by atoms with Crippen LogP contribution in [0.1, 0.15) is 7.43 Å². The molecule has 0 aromatic rings. The van der Waals surface area contributed by atoms with Gasteiger partial charge in [0.1, 0.15) is 0 Å². The van der Waals surface area contributed by atoms with Crippen LogP contribution in [0, 0.1) is 0 Å². The lowest BCUT2D eigenvalue weighted by Gasteiger charge is -2.02. The number of hydrogen-bond donors (Lipinski definition) is 1. The number of hydrogen-bond acceptors (Lipinski definition) is 4. The largest absolute Gasteiger partial charge is 0.469 e. The maximum absolute atomic E-state index is 10.5. The van der Waals surface area contributed by atoms with Crippen molar-refractivity contribution in [3.8, 4) is 0 Å². The lowest BCUT2D eigenvalue weighted by atomic mass is 10.3. The number of azide groups is 1. The normalized spacial score (nSPS) is 10.4. The molecule has 0 heterocycles. The Bertz CT molecular complexity index is 164. The first-order chi connectivity index (χ1) is 4.76. The van der Waals surface area contributed by atoms with E-state index in [0.717, 1.165) is 7.11 Å². The van der Waals surface area contributed by atoms with Gasteiger partial charge in [-0.25, -0.2) is 0 Å². The molecule has 0 spiro atoms. The summed E-state index contributed by atoms with van der Waals surface area (Å²) in [6.45, 7) is -0.531. The van der Waals surface area contributed by atoms with Crippen LogP contribution in [0.5, 0.6) is 0 Å². The Morgan fingerprint density at radius 1 is 1.91 bits per heavy atom. The summed E-state index contributed by atoms with van der Waals surface area (Å²) in [5.74, 6) is -0.736. The van der Waals surface area contributed by atoms with E-state index in [9.17, 15) is 4.79 Å². The van der Waals surface area contributed by atoms with Crippen molar-refractivity contribution >= 4 is 5.97 Å². The molecule has 6 nitrogen and oxygen atoms in total. The number of aliphatic hydroxyl groups is 1. The zero-order valence-electron chi connectivity index (χ0n) is 5.39. The number of rotatable bonds is 3. The molecular formula is C5H11N3O3. The van der Waals surface area contributed by atoms with Crippen LogP contribution in [-0.4, -0.2) is 30.8 Å². The highest BCUT2D eigenvalue weighted by molar-refractivity contribution is 5.75. The number of aliphatic hydroxyl groups excluding tert-OH is 1. The van der Waals surface area contributed by atoms with Crippen LogP contribution in [0.15, 0.2) is 5.11 Å². The van der Waals surface area contributed by atoms with Gasteiger partial charge in [-0.3, -0.25) is 4.79 Å². The van der Waals surface area contributed by atoms with Crippen LogP contribution in [0.3, 0.4) is 0 Å². The summed E-state index contributed by atoms with van der Waals surface area (Å²) in [5.41, 5.74) is 7.85. The van der Waals surface area contributed by atoms with E-state index >= 15 is 0 Å². The lowest BCUT2D eigenvalue weighted by molar-refractivity contribution is -0.143. The van der Waals surface area contributed by atoms with Gasteiger partial charge in [0.05, 0.1) is 13.7 Å². The van der Waals surface area contributed by atoms with Gasteiger partial charge in [0.15, 0.2) is 6.04 Å². The SMILES string of the molecule is C.COC(=O)[C@@H](CO)N=[N+]=[N-]. The van der Waals surface area contributed by atoms with Crippen LogP contribution in [0.25, 0.3) is 10.4 Å². The average Bonchev–Trinajstić information content (AvgIpc) is 1.99. The minimum Gasteiger partial charge on any atom is -0.469 e. The van der Waals surface area contributed by atoms with Crippen molar-refractivity contribution in [2.24, 2.45) is 5.11 Å². The zero-order valence-corrected chi connectivity index (χ0v) is 5.39. The molecule has 0 radical (unpaired) electrons. The Morgan fingerprint density at radius 3 is 2.73 bits per heavy atom. The first-order valence-electron chi connectivity index (χ1n) is 2.49. The molecule has 0 bridgehead atoms. The van der Waals surface area contributed by atoms with Gasteiger partial charge in [0, 0.05) is 4.91 Å². The lowest BCUT2D eigenvalue weighted by Crippen LogP contribution is -2.23. The number of methoxy groups -OCH3 is 1.